The summed E-state index contributed by atoms with van der Waals surface area (Å²) in [6.45, 7) is 3.11. The van der Waals surface area contributed by atoms with Crippen LogP contribution in [0.25, 0.3) is 0 Å². The number of amides is 1. The van der Waals surface area contributed by atoms with Gasteiger partial charge in [-0.1, -0.05) is 11.3 Å². The van der Waals surface area contributed by atoms with Crippen LogP contribution < -0.4 is 14.8 Å². The van der Waals surface area contributed by atoms with Gasteiger partial charge in [-0.2, -0.15) is 4.31 Å². The predicted octanol–water partition coefficient (Wildman–Crippen LogP) is 2.44. The zero-order valence-electron chi connectivity index (χ0n) is 18.3. The zero-order chi connectivity index (χ0) is 23.6. The maximum Gasteiger partial charge on any atom is 0.350 e. The molecule has 2 aliphatic heterocycles. The van der Waals surface area contributed by atoms with Gasteiger partial charge in [0.05, 0.1) is 30.9 Å². The van der Waals surface area contributed by atoms with Crippen LogP contribution in [-0.2, 0) is 19.6 Å². The van der Waals surface area contributed by atoms with Crippen molar-refractivity contribution >= 4 is 38.4 Å². The minimum Gasteiger partial charge on any atom is -0.490 e. The van der Waals surface area contributed by atoms with Crippen LogP contribution in [0.15, 0.2) is 23.1 Å². The molecule has 0 spiro atoms. The Hall–Kier alpha value is -2.70. The molecule has 1 N–H and O–H groups in total. The molecule has 1 aromatic heterocycles. The number of thiazole rings is 1. The van der Waals surface area contributed by atoms with E-state index >= 15 is 0 Å². The predicted molar refractivity (Wildman–Crippen MR) is 120 cm³/mol. The fourth-order valence-corrected chi connectivity index (χ4v) is 6.12. The molecule has 2 aromatic rings. The lowest BCUT2D eigenvalue weighted by atomic mass is 9.97. The summed E-state index contributed by atoms with van der Waals surface area (Å²) >= 11 is 1.05. The summed E-state index contributed by atoms with van der Waals surface area (Å²) in [7, 11) is -2.44. The first-order valence-corrected chi connectivity index (χ1v) is 12.8. The average molecular weight is 496 g/mol. The van der Waals surface area contributed by atoms with Crippen molar-refractivity contribution in [1.29, 1.82) is 0 Å². The summed E-state index contributed by atoms with van der Waals surface area (Å²) < 4.78 is 43.6. The quantitative estimate of drug-likeness (QED) is 0.627. The standard InChI is InChI=1S/C21H25N3O7S2/c1-13-18(20(26)29-2)32-21(22-13)23-19(25)14-6-8-24(9-7-14)33(27,28)15-4-5-16-17(12-15)31-11-3-10-30-16/h4-5,12,14H,3,6-11H2,1-2H3,(H,22,23,25). The molecule has 0 bridgehead atoms. The maximum atomic E-state index is 13.1. The van der Waals surface area contributed by atoms with E-state index < -0.39 is 16.0 Å². The number of fused-ring (bicyclic) bond motifs is 1. The normalized spacial score (nSPS) is 17.3. The van der Waals surface area contributed by atoms with E-state index in [4.69, 9.17) is 14.2 Å². The van der Waals surface area contributed by atoms with E-state index in [0.29, 0.717) is 53.3 Å². The number of nitrogens with zero attached hydrogens (tertiary/aromatic N) is 2. The Labute approximate surface area is 195 Å². The van der Waals surface area contributed by atoms with Crippen LogP contribution in [0.1, 0.15) is 34.6 Å². The second-order valence-electron chi connectivity index (χ2n) is 7.75. The first kappa shape index (κ1) is 23.5. The summed E-state index contributed by atoms with van der Waals surface area (Å²) in [4.78, 5) is 29.1. The van der Waals surface area contributed by atoms with Crippen LogP contribution in [0.4, 0.5) is 5.13 Å². The van der Waals surface area contributed by atoms with Crippen LogP contribution in [0.5, 0.6) is 11.5 Å². The van der Waals surface area contributed by atoms with Crippen LogP contribution in [-0.4, -0.2) is 63.0 Å². The zero-order valence-corrected chi connectivity index (χ0v) is 20.0. The number of methoxy groups -OCH3 is 1. The molecule has 33 heavy (non-hydrogen) atoms. The molecule has 0 radical (unpaired) electrons. The Morgan fingerprint density at radius 1 is 1.18 bits per heavy atom. The van der Waals surface area contributed by atoms with Gasteiger partial charge in [0.15, 0.2) is 16.6 Å². The Bertz CT molecular complexity index is 1150. The largest absolute Gasteiger partial charge is 0.490 e. The van der Waals surface area contributed by atoms with Gasteiger partial charge in [-0.15, -0.1) is 0 Å². The first-order chi connectivity index (χ1) is 15.8. The number of nitrogens with one attached hydrogen (secondary N) is 1. The summed E-state index contributed by atoms with van der Waals surface area (Å²) in [5.74, 6) is -0.139. The van der Waals surface area contributed by atoms with E-state index in [9.17, 15) is 18.0 Å². The fourth-order valence-electron chi connectivity index (χ4n) is 3.75. The van der Waals surface area contributed by atoms with Crippen molar-refractivity contribution in [1.82, 2.24) is 9.29 Å². The number of carbonyl (C=O) groups excluding carboxylic acids is 2. The van der Waals surface area contributed by atoms with Gasteiger partial charge in [-0.05, 0) is 31.9 Å². The molecule has 0 saturated carbocycles. The lowest BCUT2D eigenvalue weighted by Gasteiger charge is -2.30. The van der Waals surface area contributed by atoms with Gasteiger partial charge in [-0.25, -0.2) is 18.2 Å². The maximum absolute atomic E-state index is 13.1. The highest BCUT2D eigenvalue weighted by atomic mass is 32.2. The molecule has 0 unspecified atom stereocenters. The lowest BCUT2D eigenvalue weighted by molar-refractivity contribution is -0.120. The molecule has 0 atom stereocenters. The number of aryl methyl sites for hydroxylation is 1. The highest BCUT2D eigenvalue weighted by Crippen LogP contribution is 2.34. The Balaban J connectivity index is 1.38. The number of aromatic nitrogens is 1. The van der Waals surface area contributed by atoms with Crippen LogP contribution in [0.3, 0.4) is 0 Å². The minimum atomic E-state index is -3.73. The van der Waals surface area contributed by atoms with Crippen molar-refractivity contribution in [3.63, 3.8) is 0 Å². The van der Waals surface area contributed by atoms with E-state index in [1.807, 2.05) is 0 Å². The molecule has 0 aliphatic carbocycles. The molecule has 1 fully saturated rings. The van der Waals surface area contributed by atoms with Gasteiger partial charge in [0, 0.05) is 31.5 Å². The monoisotopic (exact) mass is 495 g/mol. The van der Waals surface area contributed by atoms with E-state index in [-0.39, 0.29) is 29.8 Å². The molecule has 2 aliphatic rings. The highest BCUT2D eigenvalue weighted by Gasteiger charge is 2.33. The molecular formula is C21H25N3O7S2. The van der Waals surface area contributed by atoms with E-state index in [1.165, 1.54) is 23.5 Å². The summed E-state index contributed by atoms with van der Waals surface area (Å²) in [5, 5.41) is 3.06. The second-order valence-corrected chi connectivity index (χ2v) is 10.7. The number of esters is 1. The molecule has 1 aromatic carbocycles. The fraction of sp³-hybridized carbons (Fsp3) is 0.476. The van der Waals surface area contributed by atoms with Crippen molar-refractivity contribution < 1.29 is 32.2 Å². The van der Waals surface area contributed by atoms with Gasteiger partial charge in [0.25, 0.3) is 0 Å². The Morgan fingerprint density at radius 3 is 2.58 bits per heavy atom. The summed E-state index contributed by atoms with van der Waals surface area (Å²) in [5.41, 5.74) is 0.484. The number of hydrogen-bond donors (Lipinski definition) is 1. The SMILES string of the molecule is COC(=O)c1sc(NC(=O)C2CCN(S(=O)(=O)c3ccc4c(c3)OCCCO4)CC2)nc1C. The molecule has 10 nitrogen and oxygen atoms in total. The van der Waals surface area contributed by atoms with Crippen LogP contribution >= 0.6 is 11.3 Å². The van der Waals surface area contributed by atoms with Crippen molar-refractivity contribution in [3.8, 4) is 11.5 Å². The van der Waals surface area contributed by atoms with Crippen molar-refractivity contribution in [3.05, 3.63) is 28.8 Å². The number of piperidine rings is 1. The van der Waals surface area contributed by atoms with E-state index in [1.54, 1.807) is 13.0 Å². The minimum absolute atomic E-state index is 0.142. The smallest absolute Gasteiger partial charge is 0.350 e. The van der Waals surface area contributed by atoms with Gasteiger partial charge >= 0.3 is 5.97 Å². The third-order valence-corrected chi connectivity index (χ3v) is 8.53. The third kappa shape index (κ3) is 4.97. The number of hydrogen-bond acceptors (Lipinski definition) is 9. The Kier molecular flexibility index (Phi) is 6.86. The summed E-state index contributed by atoms with van der Waals surface area (Å²) in [6, 6.07) is 4.64. The molecule has 1 saturated heterocycles. The summed E-state index contributed by atoms with van der Waals surface area (Å²) in [6.07, 6.45) is 1.49. The van der Waals surface area contributed by atoms with Gasteiger partial charge in [0.2, 0.25) is 15.9 Å². The van der Waals surface area contributed by atoms with Crippen LogP contribution in [0.2, 0.25) is 0 Å². The molecule has 178 valence electrons. The first-order valence-electron chi connectivity index (χ1n) is 10.6. The van der Waals surface area contributed by atoms with Crippen molar-refractivity contribution in [2.45, 2.75) is 31.1 Å². The molecule has 1 amide bonds. The van der Waals surface area contributed by atoms with E-state index in [0.717, 1.165) is 17.8 Å². The van der Waals surface area contributed by atoms with Gasteiger partial charge < -0.3 is 19.5 Å². The number of sulfonamides is 1. The average Bonchev–Trinajstić information content (AvgIpc) is 3.02. The number of carbonyl (C=O) groups is 2. The topological polar surface area (TPSA) is 124 Å². The molecule has 12 heteroatoms. The third-order valence-electron chi connectivity index (χ3n) is 5.58. The van der Waals surface area contributed by atoms with Gasteiger partial charge in [-0.3, -0.25) is 4.79 Å². The lowest BCUT2D eigenvalue weighted by Crippen LogP contribution is -2.41. The van der Waals surface area contributed by atoms with Crippen molar-refractivity contribution in [2.75, 3.05) is 38.7 Å². The Morgan fingerprint density at radius 2 is 1.88 bits per heavy atom. The number of ether oxygens (including phenoxy) is 3. The van der Waals surface area contributed by atoms with Crippen molar-refractivity contribution in [2.24, 2.45) is 5.92 Å². The molecule has 4 rings (SSSR count). The van der Waals surface area contributed by atoms with Crippen LogP contribution in [0, 0.1) is 12.8 Å². The molecule has 3 heterocycles. The van der Waals surface area contributed by atoms with E-state index in [2.05, 4.69) is 10.3 Å². The number of rotatable bonds is 5. The molecular weight excluding hydrogens is 470 g/mol. The highest BCUT2D eigenvalue weighted by molar-refractivity contribution is 7.89. The second kappa shape index (κ2) is 9.65. The van der Waals surface area contributed by atoms with Gasteiger partial charge in [0.1, 0.15) is 4.88 Å². The number of anilines is 1. The number of benzene rings is 1.